The van der Waals surface area contributed by atoms with Crippen LogP contribution in [-0.2, 0) is 14.3 Å². The van der Waals surface area contributed by atoms with Gasteiger partial charge < -0.3 is 15.8 Å². The van der Waals surface area contributed by atoms with Crippen molar-refractivity contribution in [3.8, 4) is 0 Å². The second-order valence-corrected chi connectivity index (χ2v) is 5.63. The lowest BCUT2D eigenvalue weighted by Crippen LogP contribution is -2.41. The van der Waals surface area contributed by atoms with Crippen molar-refractivity contribution >= 4 is 23.5 Å². The van der Waals surface area contributed by atoms with Crippen LogP contribution in [0.5, 0.6) is 0 Å². The lowest BCUT2D eigenvalue weighted by Gasteiger charge is -2.18. The number of primary amides is 1. The number of nitrogens with two attached hydrogens (primary N) is 1. The van der Waals surface area contributed by atoms with Crippen LogP contribution in [0.3, 0.4) is 0 Å². The minimum atomic E-state index is -1.30. The molecule has 27 heavy (non-hydrogen) atoms. The molecule has 3 N–H and O–H groups in total. The summed E-state index contributed by atoms with van der Waals surface area (Å²) in [7, 11) is 0. The summed E-state index contributed by atoms with van der Waals surface area (Å²) in [6.45, 7) is 1.36. The smallest absolute Gasteiger partial charge is 0.329 e. The van der Waals surface area contributed by atoms with E-state index in [4.69, 9.17) is 10.5 Å². The van der Waals surface area contributed by atoms with Gasteiger partial charge in [0, 0.05) is 23.3 Å². The number of hydrogen-bond donors (Lipinski definition) is 2. The summed E-state index contributed by atoms with van der Waals surface area (Å²) in [5.74, 6) is -2.42. The number of non-ortho nitro benzene ring substituents is 1. The Kier molecular flexibility index (Phi) is 6.21. The second kappa shape index (κ2) is 8.56. The van der Waals surface area contributed by atoms with Crippen LogP contribution >= 0.6 is 0 Å². The monoisotopic (exact) mass is 371 g/mol. The van der Waals surface area contributed by atoms with Gasteiger partial charge in [-0.15, -0.1) is 0 Å². The van der Waals surface area contributed by atoms with Gasteiger partial charge in [-0.05, 0) is 13.0 Å². The molecule has 0 radical (unpaired) electrons. The van der Waals surface area contributed by atoms with Gasteiger partial charge >= 0.3 is 5.97 Å². The van der Waals surface area contributed by atoms with Crippen LogP contribution in [0.1, 0.15) is 28.9 Å². The number of esters is 1. The first kappa shape index (κ1) is 19.6. The van der Waals surface area contributed by atoms with Gasteiger partial charge in [0.25, 0.3) is 17.5 Å². The highest BCUT2D eigenvalue weighted by Gasteiger charge is 2.26. The molecule has 0 aliphatic carbocycles. The van der Waals surface area contributed by atoms with Gasteiger partial charge in [0.1, 0.15) is 6.04 Å². The number of amides is 2. The van der Waals surface area contributed by atoms with E-state index in [1.54, 1.807) is 30.3 Å². The Morgan fingerprint density at radius 3 is 2.37 bits per heavy atom. The van der Waals surface area contributed by atoms with Gasteiger partial charge in [-0.3, -0.25) is 19.7 Å². The standard InChI is InChI=1S/C18H17N3O6/c1-11(20-17(23)13-8-5-9-14(10-13)21(25)26)18(24)27-15(16(19)22)12-6-3-2-4-7-12/h2-11,15H,1H3,(H2,19,22)(H,20,23)/t11-,15?/m0/s1. The van der Waals surface area contributed by atoms with Crippen LogP contribution in [0, 0.1) is 10.1 Å². The van der Waals surface area contributed by atoms with E-state index >= 15 is 0 Å². The van der Waals surface area contributed by atoms with Gasteiger partial charge in [0.2, 0.25) is 6.10 Å². The molecule has 0 aliphatic rings. The quantitative estimate of drug-likeness (QED) is 0.429. The van der Waals surface area contributed by atoms with Crippen LogP contribution in [0.25, 0.3) is 0 Å². The molecular weight excluding hydrogens is 354 g/mol. The highest BCUT2D eigenvalue weighted by Crippen LogP contribution is 2.18. The molecule has 2 aromatic rings. The second-order valence-electron chi connectivity index (χ2n) is 5.63. The van der Waals surface area contributed by atoms with E-state index in [0.717, 1.165) is 6.07 Å². The fourth-order valence-corrected chi connectivity index (χ4v) is 2.24. The van der Waals surface area contributed by atoms with Gasteiger partial charge in [0.15, 0.2) is 0 Å². The number of ether oxygens (including phenoxy) is 1. The highest BCUT2D eigenvalue weighted by molar-refractivity contribution is 5.97. The predicted molar refractivity (Wildman–Crippen MR) is 94.5 cm³/mol. The largest absolute Gasteiger partial charge is 0.446 e. The molecule has 2 atom stereocenters. The van der Waals surface area contributed by atoms with Gasteiger partial charge in [0.05, 0.1) is 4.92 Å². The molecule has 0 heterocycles. The molecule has 0 fully saturated rings. The van der Waals surface area contributed by atoms with E-state index in [2.05, 4.69) is 5.32 Å². The first-order valence-corrected chi connectivity index (χ1v) is 7.89. The number of nitro benzene ring substituents is 1. The van der Waals surface area contributed by atoms with E-state index in [-0.39, 0.29) is 11.3 Å². The van der Waals surface area contributed by atoms with Crippen molar-refractivity contribution < 1.29 is 24.0 Å². The van der Waals surface area contributed by atoms with Crippen molar-refractivity contribution in [2.75, 3.05) is 0 Å². The summed E-state index contributed by atoms with van der Waals surface area (Å²) in [5.41, 5.74) is 5.44. The number of rotatable bonds is 7. The maximum atomic E-state index is 12.2. The first-order valence-electron chi connectivity index (χ1n) is 7.89. The van der Waals surface area contributed by atoms with Crippen molar-refractivity contribution in [1.29, 1.82) is 0 Å². The maximum Gasteiger partial charge on any atom is 0.329 e. The molecule has 0 saturated carbocycles. The molecule has 0 aliphatic heterocycles. The number of hydrogen-bond acceptors (Lipinski definition) is 6. The Bertz CT molecular complexity index is 868. The van der Waals surface area contributed by atoms with Crippen molar-refractivity contribution in [3.63, 3.8) is 0 Å². The predicted octanol–water partition coefficient (Wildman–Crippen LogP) is 1.48. The molecule has 140 valence electrons. The Hall–Kier alpha value is -3.75. The van der Waals surface area contributed by atoms with Crippen molar-refractivity contribution in [1.82, 2.24) is 5.32 Å². The zero-order valence-electron chi connectivity index (χ0n) is 14.3. The van der Waals surface area contributed by atoms with E-state index in [9.17, 15) is 24.5 Å². The summed E-state index contributed by atoms with van der Waals surface area (Å²) in [5, 5.41) is 13.2. The molecule has 2 amide bonds. The van der Waals surface area contributed by atoms with Gasteiger partial charge in [-0.2, -0.15) is 0 Å². The average molecular weight is 371 g/mol. The molecule has 2 aromatic carbocycles. The summed E-state index contributed by atoms with van der Waals surface area (Å²) in [4.78, 5) is 46.2. The molecule has 0 aromatic heterocycles. The summed E-state index contributed by atoms with van der Waals surface area (Å²) in [6, 6.07) is 12.2. The fourth-order valence-electron chi connectivity index (χ4n) is 2.24. The summed E-state index contributed by atoms with van der Waals surface area (Å²) >= 11 is 0. The zero-order chi connectivity index (χ0) is 20.0. The third-order valence-corrected chi connectivity index (χ3v) is 3.62. The molecule has 9 heteroatoms. The molecular formula is C18H17N3O6. The van der Waals surface area contributed by atoms with E-state index in [1.165, 1.54) is 25.1 Å². The van der Waals surface area contributed by atoms with E-state index in [0.29, 0.717) is 5.56 Å². The molecule has 9 nitrogen and oxygen atoms in total. The van der Waals surface area contributed by atoms with Crippen LogP contribution in [0.4, 0.5) is 5.69 Å². The number of nitrogens with zero attached hydrogens (tertiary/aromatic N) is 1. The van der Waals surface area contributed by atoms with Crippen molar-refractivity contribution in [3.05, 3.63) is 75.8 Å². The van der Waals surface area contributed by atoms with Gasteiger partial charge in [-0.25, -0.2) is 4.79 Å². The van der Waals surface area contributed by atoms with E-state index < -0.39 is 34.9 Å². The first-order chi connectivity index (χ1) is 12.8. The van der Waals surface area contributed by atoms with E-state index in [1.807, 2.05) is 0 Å². The van der Waals surface area contributed by atoms with Crippen molar-refractivity contribution in [2.45, 2.75) is 19.1 Å². The Balaban J connectivity index is 2.06. The average Bonchev–Trinajstić information content (AvgIpc) is 2.66. The van der Waals surface area contributed by atoms with Crippen LogP contribution in [-0.4, -0.2) is 28.7 Å². The van der Waals surface area contributed by atoms with Crippen molar-refractivity contribution in [2.24, 2.45) is 5.73 Å². The lowest BCUT2D eigenvalue weighted by molar-refractivity contribution is -0.384. The number of carbonyl (C=O) groups is 3. The lowest BCUT2D eigenvalue weighted by atomic mass is 10.1. The summed E-state index contributed by atoms with van der Waals surface area (Å²) in [6.07, 6.45) is -1.30. The molecule has 0 spiro atoms. The normalized spacial score (nSPS) is 12.5. The molecule has 0 bridgehead atoms. The fraction of sp³-hybridized carbons (Fsp3) is 0.167. The number of nitrogens with one attached hydrogen (secondary N) is 1. The molecule has 1 unspecified atom stereocenters. The topological polar surface area (TPSA) is 142 Å². The number of carbonyl (C=O) groups excluding carboxylic acids is 3. The van der Waals surface area contributed by atoms with Gasteiger partial charge in [-0.1, -0.05) is 36.4 Å². The van der Waals surface area contributed by atoms with Crippen LogP contribution < -0.4 is 11.1 Å². The summed E-state index contributed by atoms with van der Waals surface area (Å²) < 4.78 is 5.12. The Labute approximate surface area is 154 Å². The third kappa shape index (κ3) is 5.11. The highest BCUT2D eigenvalue weighted by atomic mass is 16.6. The Morgan fingerprint density at radius 2 is 1.78 bits per heavy atom. The zero-order valence-corrected chi connectivity index (χ0v) is 14.3. The third-order valence-electron chi connectivity index (χ3n) is 3.62. The Morgan fingerprint density at radius 1 is 1.11 bits per heavy atom. The maximum absolute atomic E-state index is 12.2. The number of benzene rings is 2. The van der Waals surface area contributed by atoms with Crippen LogP contribution in [0.2, 0.25) is 0 Å². The molecule has 0 saturated heterocycles. The molecule has 2 rings (SSSR count). The number of nitro groups is 1. The SMILES string of the molecule is C[C@H](NC(=O)c1cccc([N+](=O)[O-])c1)C(=O)OC(C(N)=O)c1ccccc1. The minimum Gasteiger partial charge on any atom is -0.446 e. The van der Waals surface area contributed by atoms with Crippen LogP contribution in [0.15, 0.2) is 54.6 Å². The minimum absolute atomic E-state index is 0.0124.